The fraction of sp³-hybridized carbons (Fsp3) is 0.227. The number of methoxy groups -OCH3 is 2. The monoisotopic (exact) mass is 427 g/mol. The smallest absolute Gasteiger partial charge is 0.414 e. The van der Waals surface area contributed by atoms with Crippen molar-refractivity contribution in [3.63, 3.8) is 0 Å². The van der Waals surface area contributed by atoms with Crippen molar-refractivity contribution in [1.82, 2.24) is 9.55 Å². The van der Waals surface area contributed by atoms with Gasteiger partial charge in [-0.1, -0.05) is 29.8 Å². The number of aryl methyl sites for hydroxylation is 1. The number of aromatic nitrogens is 2. The minimum atomic E-state index is -1.82. The van der Waals surface area contributed by atoms with Gasteiger partial charge in [-0.15, -0.1) is 0 Å². The van der Waals surface area contributed by atoms with Crippen molar-refractivity contribution < 1.29 is 29.3 Å². The van der Waals surface area contributed by atoms with Gasteiger partial charge in [-0.2, -0.15) is 0 Å². The molecule has 31 heavy (non-hydrogen) atoms. The van der Waals surface area contributed by atoms with E-state index in [9.17, 15) is 0 Å². The maximum atomic E-state index is 9.10. The molecule has 0 amide bonds. The van der Waals surface area contributed by atoms with Crippen LogP contribution >= 0.6 is 0 Å². The number of rotatable bonds is 6. The van der Waals surface area contributed by atoms with E-state index in [4.69, 9.17) is 29.3 Å². The highest BCUT2D eigenvalue weighted by Crippen LogP contribution is 2.26. The highest BCUT2D eigenvalue weighted by Gasteiger charge is 2.10. The first-order chi connectivity index (χ1) is 14.8. The molecule has 2 aromatic carbocycles. The summed E-state index contributed by atoms with van der Waals surface area (Å²) in [5, 5.41) is 18.2. The van der Waals surface area contributed by atoms with Crippen LogP contribution < -0.4 is 14.8 Å². The summed E-state index contributed by atoms with van der Waals surface area (Å²) in [6.07, 6.45) is 1.88. The molecule has 9 heteroatoms. The molecular formula is C22H25N3O6. The molecule has 3 rings (SSSR count). The molecule has 1 heterocycles. The van der Waals surface area contributed by atoms with E-state index >= 15 is 0 Å². The van der Waals surface area contributed by atoms with Gasteiger partial charge >= 0.3 is 11.9 Å². The van der Waals surface area contributed by atoms with E-state index in [-0.39, 0.29) is 0 Å². The number of imidazole rings is 1. The van der Waals surface area contributed by atoms with Gasteiger partial charge in [0, 0.05) is 19.2 Å². The summed E-state index contributed by atoms with van der Waals surface area (Å²) in [6.45, 7) is 2.68. The first-order valence-electron chi connectivity index (χ1n) is 9.26. The lowest BCUT2D eigenvalue weighted by Gasteiger charge is -2.12. The van der Waals surface area contributed by atoms with Gasteiger partial charge in [0.1, 0.15) is 11.5 Å². The Bertz CT molecular complexity index is 1030. The van der Waals surface area contributed by atoms with Gasteiger partial charge < -0.3 is 29.6 Å². The van der Waals surface area contributed by atoms with E-state index in [2.05, 4.69) is 46.1 Å². The van der Waals surface area contributed by atoms with Gasteiger partial charge in [0.25, 0.3) is 0 Å². The Morgan fingerprint density at radius 1 is 1.03 bits per heavy atom. The highest BCUT2D eigenvalue weighted by atomic mass is 16.5. The van der Waals surface area contributed by atoms with Crippen LogP contribution in [0.25, 0.3) is 11.3 Å². The molecule has 0 fully saturated rings. The number of benzene rings is 2. The van der Waals surface area contributed by atoms with Crippen molar-refractivity contribution in [2.75, 3.05) is 19.5 Å². The van der Waals surface area contributed by atoms with E-state index in [0.29, 0.717) is 6.54 Å². The van der Waals surface area contributed by atoms with Gasteiger partial charge in [0.15, 0.2) is 0 Å². The van der Waals surface area contributed by atoms with Crippen molar-refractivity contribution in [3.05, 3.63) is 59.8 Å². The third-order valence-electron chi connectivity index (χ3n) is 4.44. The van der Waals surface area contributed by atoms with Crippen LogP contribution in [0.15, 0.2) is 48.7 Å². The zero-order valence-corrected chi connectivity index (χ0v) is 17.7. The first kappa shape index (κ1) is 23.3. The van der Waals surface area contributed by atoms with Crippen LogP contribution in [0, 0.1) is 6.92 Å². The van der Waals surface area contributed by atoms with Crippen LogP contribution in [0.3, 0.4) is 0 Å². The van der Waals surface area contributed by atoms with E-state index in [0.717, 1.165) is 34.3 Å². The molecule has 0 radical (unpaired) electrons. The number of nitrogens with zero attached hydrogens (tertiary/aromatic N) is 2. The summed E-state index contributed by atoms with van der Waals surface area (Å²) in [6, 6.07) is 14.2. The average molecular weight is 427 g/mol. The maximum absolute atomic E-state index is 9.10. The standard InChI is InChI=1S/C20H23N3O2.C2H2O4/c1-14-5-7-15(8-6-14)18-13-22-20(23(18)2)21-12-16-11-17(24-3)9-10-19(16)25-4;3-1(4)2(5)6/h5-11,13H,12H2,1-4H3,(H,21,22);(H,3,4)(H,5,6). The number of carbonyl (C=O) groups is 2. The summed E-state index contributed by atoms with van der Waals surface area (Å²) in [4.78, 5) is 22.7. The lowest BCUT2D eigenvalue weighted by Crippen LogP contribution is -2.09. The summed E-state index contributed by atoms with van der Waals surface area (Å²) in [7, 11) is 5.33. The van der Waals surface area contributed by atoms with Gasteiger partial charge in [-0.3, -0.25) is 0 Å². The predicted molar refractivity (Wildman–Crippen MR) is 116 cm³/mol. The zero-order chi connectivity index (χ0) is 23.0. The van der Waals surface area contributed by atoms with Crippen molar-refractivity contribution in [2.24, 2.45) is 7.05 Å². The van der Waals surface area contributed by atoms with Gasteiger partial charge in [-0.25, -0.2) is 14.6 Å². The molecule has 0 aliphatic carbocycles. The highest BCUT2D eigenvalue weighted by molar-refractivity contribution is 6.27. The summed E-state index contributed by atoms with van der Waals surface area (Å²) in [5.74, 6) is -1.22. The Morgan fingerprint density at radius 2 is 1.68 bits per heavy atom. The second-order valence-electron chi connectivity index (χ2n) is 6.53. The number of nitrogens with one attached hydrogen (secondary N) is 1. The largest absolute Gasteiger partial charge is 0.497 e. The molecule has 0 unspecified atom stereocenters. The molecule has 0 bridgehead atoms. The summed E-state index contributed by atoms with van der Waals surface area (Å²) < 4.78 is 12.8. The normalized spacial score (nSPS) is 9.94. The molecule has 9 nitrogen and oxygen atoms in total. The lowest BCUT2D eigenvalue weighted by atomic mass is 10.1. The molecule has 0 spiro atoms. The summed E-state index contributed by atoms with van der Waals surface area (Å²) >= 11 is 0. The topological polar surface area (TPSA) is 123 Å². The number of anilines is 1. The molecule has 0 aliphatic rings. The Kier molecular flexibility index (Phi) is 8.01. The predicted octanol–water partition coefficient (Wildman–Crippen LogP) is 3.18. The Labute approximate surface area is 179 Å². The van der Waals surface area contributed by atoms with E-state index < -0.39 is 11.9 Å². The third-order valence-corrected chi connectivity index (χ3v) is 4.44. The fourth-order valence-corrected chi connectivity index (χ4v) is 2.76. The molecule has 164 valence electrons. The van der Waals surface area contributed by atoms with Gasteiger partial charge in [0.2, 0.25) is 5.95 Å². The summed E-state index contributed by atoms with van der Waals surface area (Å²) in [5.41, 5.74) is 4.48. The molecule has 0 aliphatic heterocycles. The van der Waals surface area contributed by atoms with Crippen molar-refractivity contribution >= 4 is 17.9 Å². The molecule has 3 aromatic rings. The molecule has 0 atom stereocenters. The van der Waals surface area contributed by atoms with E-state index in [1.54, 1.807) is 14.2 Å². The SMILES string of the molecule is COc1ccc(OC)c(CNc2ncc(-c3ccc(C)cc3)n2C)c1.O=C(O)C(=O)O. The molecule has 3 N–H and O–H groups in total. The van der Waals surface area contributed by atoms with Crippen molar-refractivity contribution in [1.29, 1.82) is 0 Å². The van der Waals surface area contributed by atoms with Crippen LogP contribution in [0.2, 0.25) is 0 Å². The van der Waals surface area contributed by atoms with Gasteiger partial charge in [-0.05, 0) is 30.7 Å². The van der Waals surface area contributed by atoms with Crippen LogP contribution in [-0.4, -0.2) is 45.9 Å². The quantitative estimate of drug-likeness (QED) is 0.513. The molecule has 0 saturated carbocycles. The number of aliphatic carboxylic acids is 2. The first-order valence-corrected chi connectivity index (χ1v) is 9.26. The van der Waals surface area contributed by atoms with Crippen molar-refractivity contribution in [3.8, 4) is 22.8 Å². The number of ether oxygens (including phenoxy) is 2. The maximum Gasteiger partial charge on any atom is 0.414 e. The fourth-order valence-electron chi connectivity index (χ4n) is 2.76. The Morgan fingerprint density at radius 3 is 2.23 bits per heavy atom. The van der Waals surface area contributed by atoms with Gasteiger partial charge in [0.05, 0.1) is 26.1 Å². The van der Waals surface area contributed by atoms with Crippen LogP contribution in [-0.2, 0) is 23.2 Å². The molecule has 0 saturated heterocycles. The van der Waals surface area contributed by atoms with Crippen LogP contribution in [0.1, 0.15) is 11.1 Å². The lowest BCUT2D eigenvalue weighted by molar-refractivity contribution is -0.159. The van der Waals surface area contributed by atoms with Crippen molar-refractivity contribution in [2.45, 2.75) is 13.5 Å². The Balaban J connectivity index is 0.000000501. The number of carboxylic acid groups (broad SMARTS) is 2. The molecule has 1 aromatic heterocycles. The van der Waals surface area contributed by atoms with Crippen LogP contribution in [0.5, 0.6) is 11.5 Å². The second kappa shape index (κ2) is 10.7. The third kappa shape index (κ3) is 6.23. The number of hydrogen-bond donors (Lipinski definition) is 3. The second-order valence-corrected chi connectivity index (χ2v) is 6.53. The van der Waals surface area contributed by atoms with E-state index in [1.165, 1.54) is 5.56 Å². The minimum absolute atomic E-state index is 0.596. The average Bonchev–Trinajstić information content (AvgIpc) is 3.13. The van der Waals surface area contributed by atoms with Crippen LogP contribution in [0.4, 0.5) is 5.95 Å². The molecular weight excluding hydrogens is 402 g/mol. The minimum Gasteiger partial charge on any atom is -0.497 e. The zero-order valence-electron chi connectivity index (χ0n) is 17.7. The van der Waals surface area contributed by atoms with E-state index in [1.807, 2.05) is 31.4 Å². The Hall–Kier alpha value is -4.01. The number of carboxylic acids is 2. The number of hydrogen-bond acceptors (Lipinski definition) is 6.